The monoisotopic (exact) mass is 304 g/mol. The fourth-order valence-corrected chi connectivity index (χ4v) is 3.34. The SMILES string of the molecule is CCC(CSC)N(C)c1ncc(C(=O)O)c2ccccc12. The van der Waals surface area contributed by atoms with E-state index in [0.29, 0.717) is 6.04 Å². The molecule has 0 bridgehead atoms. The van der Waals surface area contributed by atoms with Crippen molar-refractivity contribution < 1.29 is 9.90 Å². The summed E-state index contributed by atoms with van der Waals surface area (Å²) in [6, 6.07) is 7.94. The molecule has 4 nitrogen and oxygen atoms in total. The minimum absolute atomic E-state index is 0.251. The Morgan fingerprint density at radius 1 is 1.38 bits per heavy atom. The molecule has 1 aromatic carbocycles. The smallest absolute Gasteiger partial charge is 0.337 e. The molecule has 2 aromatic rings. The average molecular weight is 304 g/mol. The lowest BCUT2D eigenvalue weighted by atomic mass is 10.1. The Labute approximate surface area is 129 Å². The van der Waals surface area contributed by atoms with Crippen LogP contribution in [0.25, 0.3) is 10.8 Å². The van der Waals surface area contributed by atoms with E-state index in [1.807, 2.05) is 43.1 Å². The molecule has 1 N–H and O–H groups in total. The van der Waals surface area contributed by atoms with Crippen LogP contribution in [0.1, 0.15) is 23.7 Å². The number of carboxylic acids is 1. The summed E-state index contributed by atoms with van der Waals surface area (Å²) in [6.45, 7) is 2.16. The molecular weight excluding hydrogens is 284 g/mol. The summed E-state index contributed by atoms with van der Waals surface area (Å²) in [4.78, 5) is 17.9. The third kappa shape index (κ3) is 3.13. The van der Waals surface area contributed by atoms with Crippen LogP contribution in [0.3, 0.4) is 0 Å². The lowest BCUT2D eigenvalue weighted by Gasteiger charge is -2.29. The molecule has 0 saturated heterocycles. The molecule has 0 spiro atoms. The van der Waals surface area contributed by atoms with Crippen LogP contribution in [-0.2, 0) is 0 Å². The number of rotatable bonds is 6. The minimum Gasteiger partial charge on any atom is -0.478 e. The van der Waals surface area contributed by atoms with Gasteiger partial charge in [-0.25, -0.2) is 9.78 Å². The van der Waals surface area contributed by atoms with Gasteiger partial charge in [-0.2, -0.15) is 11.8 Å². The van der Waals surface area contributed by atoms with Crippen LogP contribution in [0, 0.1) is 0 Å². The highest BCUT2D eigenvalue weighted by atomic mass is 32.2. The van der Waals surface area contributed by atoms with E-state index in [0.717, 1.165) is 28.8 Å². The van der Waals surface area contributed by atoms with Crippen LogP contribution in [0.2, 0.25) is 0 Å². The van der Waals surface area contributed by atoms with E-state index in [4.69, 9.17) is 0 Å². The number of carboxylic acid groups (broad SMARTS) is 1. The highest BCUT2D eigenvalue weighted by molar-refractivity contribution is 7.98. The Balaban J connectivity index is 2.55. The average Bonchev–Trinajstić information content (AvgIpc) is 2.50. The second kappa shape index (κ2) is 6.80. The van der Waals surface area contributed by atoms with Gasteiger partial charge in [-0.1, -0.05) is 31.2 Å². The first-order valence-corrected chi connectivity index (χ1v) is 8.32. The van der Waals surface area contributed by atoms with E-state index >= 15 is 0 Å². The Morgan fingerprint density at radius 2 is 2.05 bits per heavy atom. The molecule has 0 aliphatic carbocycles. The summed E-state index contributed by atoms with van der Waals surface area (Å²) in [5.74, 6) is 0.921. The number of hydrogen-bond acceptors (Lipinski definition) is 4. The van der Waals surface area contributed by atoms with Crippen LogP contribution in [0.4, 0.5) is 5.82 Å². The fourth-order valence-electron chi connectivity index (χ4n) is 2.50. The molecule has 0 amide bonds. The molecule has 5 heteroatoms. The molecule has 1 atom stereocenters. The first-order chi connectivity index (χ1) is 10.1. The van der Waals surface area contributed by atoms with Gasteiger partial charge < -0.3 is 10.0 Å². The maximum Gasteiger partial charge on any atom is 0.337 e. The minimum atomic E-state index is -0.941. The molecular formula is C16H20N2O2S. The predicted octanol–water partition coefficient (Wildman–Crippen LogP) is 3.51. The lowest BCUT2D eigenvalue weighted by molar-refractivity contribution is 0.0698. The first-order valence-electron chi connectivity index (χ1n) is 6.93. The number of pyridine rings is 1. The topological polar surface area (TPSA) is 53.4 Å². The van der Waals surface area contributed by atoms with Gasteiger partial charge in [-0.3, -0.25) is 0 Å². The third-order valence-corrected chi connectivity index (χ3v) is 4.43. The molecule has 0 radical (unpaired) electrons. The standard InChI is InChI=1S/C16H20N2O2S/c1-4-11(10-21-3)18(2)15-13-8-6-5-7-12(13)14(9-17-15)16(19)20/h5-9,11H,4,10H2,1-3H3,(H,19,20). The second-order valence-corrected chi connectivity index (χ2v) is 5.89. The number of hydrogen-bond donors (Lipinski definition) is 1. The molecule has 0 aliphatic rings. The van der Waals surface area contributed by atoms with Gasteiger partial charge in [0, 0.05) is 35.8 Å². The van der Waals surface area contributed by atoms with Crippen molar-refractivity contribution in [2.24, 2.45) is 0 Å². The number of nitrogens with zero attached hydrogens (tertiary/aromatic N) is 2. The number of aromatic carboxylic acids is 1. The van der Waals surface area contributed by atoms with E-state index in [1.165, 1.54) is 6.20 Å². The highest BCUT2D eigenvalue weighted by Crippen LogP contribution is 2.28. The quantitative estimate of drug-likeness (QED) is 0.885. The van der Waals surface area contributed by atoms with Crippen LogP contribution < -0.4 is 4.90 Å². The zero-order valence-electron chi connectivity index (χ0n) is 12.5. The summed E-state index contributed by atoms with van der Waals surface area (Å²) >= 11 is 1.81. The molecule has 0 aliphatic heterocycles. The summed E-state index contributed by atoms with van der Waals surface area (Å²) < 4.78 is 0. The summed E-state index contributed by atoms with van der Waals surface area (Å²) in [7, 11) is 2.03. The van der Waals surface area contributed by atoms with Crippen molar-refractivity contribution in [3.8, 4) is 0 Å². The van der Waals surface area contributed by atoms with Gasteiger partial charge in [0.05, 0.1) is 5.56 Å². The van der Waals surface area contributed by atoms with E-state index < -0.39 is 5.97 Å². The number of thioether (sulfide) groups is 1. The number of carbonyl (C=O) groups is 1. The molecule has 1 unspecified atom stereocenters. The van der Waals surface area contributed by atoms with Gasteiger partial charge in [-0.05, 0) is 12.7 Å². The van der Waals surface area contributed by atoms with E-state index in [9.17, 15) is 9.90 Å². The van der Waals surface area contributed by atoms with Gasteiger partial charge in [0.25, 0.3) is 0 Å². The normalized spacial score (nSPS) is 12.3. The first kappa shape index (κ1) is 15.6. The van der Waals surface area contributed by atoms with Crippen molar-refractivity contribution in [1.29, 1.82) is 0 Å². The van der Waals surface area contributed by atoms with Crippen molar-refractivity contribution in [2.45, 2.75) is 19.4 Å². The highest BCUT2D eigenvalue weighted by Gasteiger charge is 2.19. The Kier molecular flexibility index (Phi) is 5.07. The zero-order chi connectivity index (χ0) is 15.4. The Morgan fingerprint density at radius 3 is 2.62 bits per heavy atom. The van der Waals surface area contributed by atoms with Gasteiger partial charge in [0.2, 0.25) is 0 Å². The van der Waals surface area contributed by atoms with E-state index in [1.54, 1.807) is 0 Å². The van der Waals surface area contributed by atoms with Crippen molar-refractivity contribution in [3.63, 3.8) is 0 Å². The van der Waals surface area contributed by atoms with Gasteiger partial charge in [0.15, 0.2) is 0 Å². The summed E-state index contributed by atoms with van der Waals surface area (Å²) in [5, 5.41) is 10.9. The van der Waals surface area contributed by atoms with Crippen LogP contribution in [0.5, 0.6) is 0 Å². The van der Waals surface area contributed by atoms with Crippen molar-refractivity contribution in [2.75, 3.05) is 24.0 Å². The number of aromatic nitrogens is 1. The molecule has 2 rings (SSSR count). The molecule has 1 aromatic heterocycles. The second-order valence-electron chi connectivity index (χ2n) is 4.97. The third-order valence-electron chi connectivity index (χ3n) is 3.72. The maximum absolute atomic E-state index is 11.3. The van der Waals surface area contributed by atoms with Crippen LogP contribution >= 0.6 is 11.8 Å². The molecule has 1 heterocycles. The fraction of sp³-hybridized carbons (Fsp3) is 0.375. The predicted molar refractivity (Wildman–Crippen MR) is 89.6 cm³/mol. The number of anilines is 1. The maximum atomic E-state index is 11.3. The largest absolute Gasteiger partial charge is 0.478 e. The zero-order valence-corrected chi connectivity index (χ0v) is 13.4. The lowest BCUT2D eigenvalue weighted by Crippen LogP contribution is -2.34. The van der Waals surface area contributed by atoms with Crippen molar-refractivity contribution >= 4 is 34.3 Å². The molecule has 21 heavy (non-hydrogen) atoms. The van der Waals surface area contributed by atoms with E-state index in [-0.39, 0.29) is 5.56 Å². The van der Waals surface area contributed by atoms with Crippen molar-refractivity contribution in [1.82, 2.24) is 4.98 Å². The van der Waals surface area contributed by atoms with Crippen molar-refractivity contribution in [3.05, 3.63) is 36.0 Å². The van der Waals surface area contributed by atoms with Crippen LogP contribution in [-0.4, -0.2) is 41.2 Å². The summed E-state index contributed by atoms with van der Waals surface area (Å²) in [5.41, 5.74) is 0.251. The number of fused-ring (bicyclic) bond motifs is 1. The van der Waals surface area contributed by atoms with Gasteiger partial charge in [0.1, 0.15) is 5.82 Å². The Hall–Kier alpha value is -1.75. The number of benzene rings is 1. The molecule has 0 fully saturated rings. The van der Waals surface area contributed by atoms with Gasteiger partial charge >= 0.3 is 5.97 Å². The van der Waals surface area contributed by atoms with Gasteiger partial charge in [-0.15, -0.1) is 0 Å². The van der Waals surface area contributed by atoms with E-state index in [2.05, 4.69) is 23.1 Å². The molecule has 0 saturated carbocycles. The Bertz CT molecular complexity index is 645. The van der Waals surface area contributed by atoms with Crippen LogP contribution in [0.15, 0.2) is 30.5 Å². The summed E-state index contributed by atoms with van der Waals surface area (Å²) in [6.07, 6.45) is 4.58. The molecule has 112 valence electrons.